The van der Waals surface area contributed by atoms with E-state index >= 15 is 0 Å². The molecular formula is C46H59N11O7. The second-order valence-corrected chi connectivity index (χ2v) is 16.0. The van der Waals surface area contributed by atoms with Gasteiger partial charge in [-0.1, -0.05) is 38.1 Å². The minimum atomic E-state index is -1.39. The summed E-state index contributed by atoms with van der Waals surface area (Å²) in [6.07, 6.45) is 2.55. The lowest BCUT2D eigenvalue weighted by molar-refractivity contribution is -0.141. The van der Waals surface area contributed by atoms with Gasteiger partial charge in [-0.15, -0.1) is 0 Å². The van der Waals surface area contributed by atoms with E-state index in [9.17, 15) is 24.0 Å². The van der Waals surface area contributed by atoms with E-state index in [1.807, 2.05) is 30.3 Å². The molecule has 2 heterocycles. The highest BCUT2D eigenvalue weighted by Gasteiger charge is 2.36. The van der Waals surface area contributed by atoms with Crippen LogP contribution in [0.3, 0.4) is 0 Å². The lowest BCUT2D eigenvalue weighted by Gasteiger charge is -2.32. The number of rotatable bonds is 17. The molecule has 1 aliphatic rings. The number of fused-ring (bicyclic) bond motifs is 5. The third-order valence-corrected chi connectivity index (χ3v) is 10.6. The zero-order chi connectivity index (χ0) is 46.5. The number of amides is 5. The number of hydrogen-bond acceptors (Lipinski definition) is 12. The molecule has 0 aliphatic carbocycles. The van der Waals surface area contributed by atoms with Crippen LogP contribution in [0.1, 0.15) is 66.0 Å². The first-order valence-electron chi connectivity index (χ1n) is 21.3. The van der Waals surface area contributed by atoms with Crippen molar-refractivity contribution >= 4 is 29.5 Å². The SMILES string of the molecule is Cc1nn(-c2ccc(CC(C)C)cc2)cc1C(=O)N[C@@H](CCN)C(=O)N(C)[C@@H]1C(=O)N[C@@H](C)C(=O)N[C@H](C(=O)NCC#N)Cc2ccc(OCCN)c(c2)-c2cc1ccc2OCCN. The Morgan fingerprint density at radius 1 is 0.938 bits per heavy atom. The fourth-order valence-corrected chi connectivity index (χ4v) is 7.44. The van der Waals surface area contributed by atoms with Gasteiger partial charge in [-0.3, -0.25) is 24.0 Å². The summed E-state index contributed by atoms with van der Waals surface area (Å²) >= 11 is 0. The topological polar surface area (TPSA) is 275 Å². The molecule has 1 aliphatic heterocycles. The first kappa shape index (κ1) is 48.2. The van der Waals surface area contributed by atoms with Crippen molar-refractivity contribution in [1.82, 2.24) is 35.9 Å². The van der Waals surface area contributed by atoms with Crippen molar-refractivity contribution in [2.24, 2.45) is 23.1 Å². The largest absolute Gasteiger partial charge is 0.492 e. The van der Waals surface area contributed by atoms with E-state index < -0.39 is 53.7 Å². The van der Waals surface area contributed by atoms with Crippen LogP contribution in [0.4, 0.5) is 0 Å². The van der Waals surface area contributed by atoms with E-state index in [1.54, 1.807) is 54.2 Å². The van der Waals surface area contributed by atoms with E-state index in [-0.39, 0.29) is 57.8 Å². The average Bonchev–Trinajstić information content (AvgIpc) is 3.67. The van der Waals surface area contributed by atoms with Gasteiger partial charge in [0.15, 0.2) is 0 Å². The summed E-state index contributed by atoms with van der Waals surface area (Å²) in [7, 11) is 1.42. The molecule has 0 spiro atoms. The number of aryl methyl sites for hydroxylation is 1. The number of carbonyl (C=O) groups excluding carboxylic acids is 5. The highest BCUT2D eigenvalue weighted by atomic mass is 16.5. The van der Waals surface area contributed by atoms with Gasteiger partial charge in [-0.25, -0.2) is 4.68 Å². The van der Waals surface area contributed by atoms with Crippen LogP contribution < -0.4 is 47.9 Å². The normalized spacial score (nSPS) is 16.7. The maximum Gasteiger partial charge on any atom is 0.255 e. The molecule has 0 radical (unpaired) electrons. The van der Waals surface area contributed by atoms with Gasteiger partial charge in [0.1, 0.15) is 55.4 Å². The summed E-state index contributed by atoms with van der Waals surface area (Å²) < 4.78 is 13.8. The van der Waals surface area contributed by atoms with Crippen molar-refractivity contribution in [3.63, 3.8) is 0 Å². The molecule has 5 amide bonds. The molecule has 0 fully saturated rings. The minimum absolute atomic E-state index is 0.00643. The Labute approximate surface area is 373 Å². The van der Waals surface area contributed by atoms with Crippen molar-refractivity contribution in [2.75, 3.05) is 46.4 Å². The van der Waals surface area contributed by atoms with Gasteiger partial charge in [0.05, 0.1) is 23.0 Å². The lowest BCUT2D eigenvalue weighted by atomic mass is 9.93. The summed E-state index contributed by atoms with van der Waals surface area (Å²) in [5.41, 5.74) is 22.2. The Morgan fingerprint density at radius 3 is 2.22 bits per heavy atom. The number of aromatic nitrogens is 2. The quantitative estimate of drug-likeness (QED) is 0.0745. The maximum atomic E-state index is 14.6. The fraction of sp³-hybridized carbons (Fsp3) is 0.413. The first-order valence-corrected chi connectivity index (χ1v) is 21.3. The summed E-state index contributed by atoms with van der Waals surface area (Å²) in [5.74, 6) is -1.99. The highest BCUT2D eigenvalue weighted by molar-refractivity contribution is 6.00. The third-order valence-electron chi connectivity index (χ3n) is 10.6. The summed E-state index contributed by atoms with van der Waals surface area (Å²) in [6.45, 7) is 7.84. The molecule has 0 unspecified atom stereocenters. The highest BCUT2D eigenvalue weighted by Crippen LogP contribution is 2.40. The van der Waals surface area contributed by atoms with Crippen molar-refractivity contribution < 1.29 is 33.4 Å². The van der Waals surface area contributed by atoms with Crippen LogP contribution in [0.15, 0.2) is 66.9 Å². The van der Waals surface area contributed by atoms with Crippen LogP contribution in [0.5, 0.6) is 11.5 Å². The van der Waals surface area contributed by atoms with E-state index in [0.717, 1.165) is 12.1 Å². The summed E-state index contributed by atoms with van der Waals surface area (Å²) in [5, 5.41) is 24.5. The van der Waals surface area contributed by atoms with Crippen LogP contribution in [0.25, 0.3) is 16.8 Å². The van der Waals surface area contributed by atoms with E-state index in [4.69, 9.17) is 31.9 Å². The molecule has 4 aromatic rings. The molecule has 18 heteroatoms. The number of likely N-dealkylation sites (N-methyl/N-ethyl adjacent to an activating group) is 1. The smallest absolute Gasteiger partial charge is 0.255 e. The van der Waals surface area contributed by atoms with E-state index in [0.29, 0.717) is 45.4 Å². The van der Waals surface area contributed by atoms with E-state index in [2.05, 4.69) is 40.2 Å². The number of nitrogens with zero attached hydrogens (tertiary/aromatic N) is 4. The number of ether oxygens (including phenoxy) is 2. The van der Waals surface area contributed by atoms with Crippen molar-refractivity contribution in [2.45, 2.75) is 71.1 Å². The average molecular weight is 878 g/mol. The molecule has 3 aromatic carbocycles. The Morgan fingerprint density at radius 2 is 1.59 bits per heavy atom. The van der Waals surface area contributed by atoms with Gasteiger partial charge < -0.3 is 52.8 Å². The monoisotopic (exact) mass is 877 g/mol. The molecule has 10 N–H and O–H groups in total. The second kappa shape index (κ2) is 22.5. The molecule has 4 bridgehead atoms. The van der Waals surface area contributed by atoms with Crippen molar-refractivity contribution in [3.8, 4) is 34.4 Å². The maximum absolute atomic E-state index is 14.6. The molecule has 64 heavy (non-hydrogen) atoms. The molecule has 1 aromatic heterocycles. The fourth-order valence-electron chi connectivity index (χ4n) is 7.44. The molecular weight excluding hydrogens is 819 g/mol. The Bertz CT molecular complexity index is 2340. The Hall–Kier alpha value is -6.81. The van der Waals surface area contributed by atoms with Gasteiger partial charge in [-0.05, 0) is 92.2 Å². The third kappa shape index (κ3) is 12.0. The minimum Gasteiger partial charge on any atom is -0.492 e. The van der Waals surface area contributed by atoms with Crippen LogP contribution in [0.2, 0.25) is 0 Å². The number of benzene rings is 3. The molecule has 18 nitrogen and oxygen atoms in total. The van der Waals surface area contributed by atoms with E-state index in [1.165, 1.54) is 24.4 Å². The number of hydrogen-bond donors (Lipinski definition) is 7. The Kier molecular flexibility index (Phi) is 17.0. The zero-order valence-electron chi connectivity index (χ0n) is 37.0. The molecule has 340 valence electrons. The van der Waals surface area contributed by atoms with Crippen molar-refractivity contribution in [3.05, 3.63) is 94.8 Å². The zero-order valence-corrected chi connectivity index (χ0v) is 37.0. The predicted molar refractivity (Wildman–Crippen MR) is 240 cm³/mol. The number of carbonyl (C=O) groups is 5. The first-order chi connectivity index (χ1) is 30.7. The van der Waals surface area contributed by atoms with Crippen LogP contribution in [-0.4, -0.2) is 109 Å². The standard InChI is InChI=1S/C46H59N11O7/c1-27(2)22-30-6-10-33(11-7-30)57-26-36(28(3)55-57)43(59)53-37(14-15-47)46(62)56(5)41-32-9-13-40(64-21-18-50)35(25-32)34-23-31(8-12-39(34)63-20-17-49)24-38(44(60)51-19-16-48)54-42(58)29(4)52-45(41)61/h6-13,23,25-27,29,37-38,41H,14-15,17-22,24,47,49-50H2,1-5H3,(H,51,60)(H,52,61)(H,53,59)(H,54,58)/t29-,37-,38-,41-/m0/s1. The number of nitrogens with two attached hydrogens (primary N) is 3. The van der Waals surface area contributed by atoms with Crippen LogP contribution >= 0.6 is 0 Å². The second-order valence-electron chi connectivity index (χ2n) is 16.0. The number of nitriles is 1. The van der Waals surface area contributed by atoms with Gasteiger partial charge in [0.2, 0.25) is 23.6 Å². The lowest BCUT2D eigenvalue weighted by Crippen LogP contribution is -2.56. The van der Waals surface area contributed by atoms with Gasteiger partial charge in [-0.2, -0.15) is 10.4 Å². The summed E-state index contributed by atoms with van der Waals surface area (Å²) in [6, 6.07) is 15.0. The summed E-state index contributed by atoms with van der Waals surface area (Å²) in [4.78, 5) is 71.4. The van der Waals surface area contributed by atoms with Gasteiger partial charge in [0.25, 0.3) is 5.91 Å². The van der Waals surface area contributed by atoms with Crippen LogP contribution in [-0.2, 0) is 32.0 Å². The molecule has 4 atom stereocenters. The van der Waals surface area contributed by atoms with Crippen LogP contribution in [0, 0.1) is 24.2 Å². The number of nitrogens with one attached hydrogen (secondary N) is 4. The van der Waals surface area contributed by atoms with Crippen molar-refractivity contribution in [1.29, 1.82) is 5.26 Å². The molecule has 5 rings (SSSR count). The molecule has 0 saturated heterocycles. The van der Waals surface area contributed by atoms with Gasteiger partial charge in [0, 0.05) is 43.9 Å². The Balaban J connectivity index is 1.56. The molecule has 0 saturated carbocycles. The predicted octanol–water partition coefficient (Wildman–Crippen LogP) is 1.55. The van der Waals surface area contributed by atoms with Gasteiger partial charge >= 0.3 is 0 Å².